The first-order chi connectivity index (χ1) is 19.2. The van der Waals surface area contributed by atoms with Crippen molar-refractivity contribution in [3.05, 3.63) is 45.9 Å². The van der Waals surface area contributed by atoms with Gasteiger partial charge in [-0.25, -0.2) is 19.6 Å². The van der Waals surface area contributed by atoms with E-state index in [0.717, 1.165) is 0 Å². The lowest BCUT2D eigenvalue weighted by Crippen LogP contribution is -2.22. The summed E-state index contributed by atoms with van der Waals surface area (Å²) in [5.74, 6) is -1.68. The van der Waals surface area contributed by atoms with E-state index in [1.807, 2.05) is 10.8 Å². The van der Waals surface area contributed by atoms with Crippen molar-refractivity contribution >= 4 is 67.9 Å². The predicted molar refractivity (Wildman–Crippen MR) is 152 cm³/mol. The van der Waals surface area contributed by atoms with E-state index in [0.29, 0.717) is 45.6 Å². The zero-order valence-corrected chi connectivity index (χ0v) is 23.1. The minimum absolute atomic E-state index is 0.0842. The summed E-state index contributed by atoms with van der Waals surface area (Å²) in [6.07, 6.45) is 4.39. The highest BCUT2D eigenvalue weighted by Crippen LogP contribution is 2.21. The quantitative estimate of drug-likeness (QED) is 0.0636. The number of carbonyl (C=O) groups excluding carboxylic acids is 2. The molecule has 4 heterocycles. The number of ether oxygens (including phenoxy) is 2. The predicted octanol–water partition coefficient (Wildman–Crippen LogP) is 0.894. The van der Waals surface area contributed by atoms with Gasteiger partial charge in [-0.3, -0.25) is 8.80 Å². The first kappa shape index (κ1) is 28.2. The van der Waals surface area contributed by atoms with E-state index >= 15 is 0 Å². The first-order valence-electron chi connectivity index (χ1n) is 11.7. The Balaban J connectivity index is 1.33. The second-order valence-electron chi connectivity index (χ2n) is 8.13. The van der Waals surface area contributed by atoms with E-state index in [4.69, 9.17) is 32.4 Å². The van der Waals surface area contributed by atoms with Crippen LogP contribution >= 0.6 is 22.7 Å². The molecule has 0 aliphatic rings. The van der Waals surface area contributed by atoms with Gasteiger partial charge in [-0.05, 0) is 26.7 Å². The second-order valence-corrected chi connectivity index (χ2v) is 9.87. The molecule has 0 saturated carbocycles. The van der Waals surface area contributed by atoms with Crippen LogP contribution in [0.3, 0.4) is 0 Å². The Kier molecular flexibility index (Phi) is 8.70. The number of carbonyl (C=O) groups is 2. The number of thiazole rings is 2. The van der Waals surface area contributed by atoms with Gasteiger partial charge in [0.1, 0.15) is 11.4 Å². The van der Waals surface area contributed by atoms with Crippen LogP contribution in [0.4, 0.5) is 0 Å². The van der Waals surface area contributed by atoms with Crippen LogP contribution in [-0.2, 0) is 9.47 Å². The number of imidazole rings is 2. The van der Waals surface area contributed by atoms with Gasteiger partial charge in [-0.1, -0.05) is 0 Å². The van der Waals surface area contributed by atoms with Crippen molar-refractivity contribution in [2.75, 3.05) is 13.2 Å². The average molecular weight is 587 g/mol. The van der Waals surface area contributed by atoms with E-state index in [9.17, 15) is 9.59 Å². The van der Waals surface area contributed by atoms with Crippen LogP contribution in [0.1, 0.15) is 59.1 Å². The maximum absolute atomic E-state index is 12.8. The van der Waals surface area contributed by atoms with Gasteiger partial charge in [0.05, 0.1) is 24.6 Å². The minimum Gasteiger partial charge on any atom is -0.461 e. The van der Waals surface area contributed by atoms with Crippen LogP contribution in [-0.4, -0.2) is 67.3 Å². The second kappa shape index (κ2) is 12.3. The number of esters is 2. The third kappa shape index (κ3) is 6.24. The van der Waals surface area contributed by atoms with Crippen LogP contribution in [0.25, 0.3) is 9.92 Å². The van der Waals surface area contributed by atoms with E-state index < -0.39 is 11.9 Å². The summed E-state index contributed by atoms with van der Waals surface area (Å²) >= 11 is 2.70. The van der Waals surface area contributed by atoms with E-state index in [1.165, 1.54) is 22.7 Å². The highest BCUT2D eigenvalue weighted by Gasteiger charge is 2.24. The summed E-state index contributed by atoms with van der Waals surface area (Å²) in [5, 5.41) is 18.9. The Morgan fingerprint density at radius 2 is 1.15 bits per heavy atom. The van der Waals surface area contributed by atoms with Crippen molar-refractivity contribution in [1.82, 2.24) is 18.8 Å². The van der Waals surface area contributed by atoms with Gasteiger partial charge in [0.2, 0.25) is 11.9 Å². The molecule has 0 atom stereocenters. The number of hydrogen-bond acceptors (Lipinski definition) is 12. The van der Waals surface area contributed by atoms with Crippen molar-refractivity contribution in [2.45, 2.75) is 26.7 Å². The molecule has 18 heteroatoms. The molecule has 0 aromatic carbocycles. The molecule has 0 aliphatic carbocycles. The van der Waals surface area contributed by atoms with Crippen LogP contribution in [0.2, 0.25) is 0 Å². The fourth-order valence-corrected chi connectivity index (χ4v) is 5.01. The zero-order valence-electron chi connectivity index (χ0n) is 21.5. The molecule has 0 radical (unpaired) electrons. The van der Waals surface area contributed by atoms with Gasteiger partial charge >= 0.3 is 11.9 Å². The monoisotopic (exact) mass is 586 g/mol. The van der Waals surface area contributed by atoms with Gasteiger partial charge in [-0.2, -0.15) is 10.2 Å². The first-order valence-corrected chi connectivity index (χ1v) is 13.5. The van der Waals surface area contributed by atoms with Gasteiger partial charge in [0.25, 0.3) is 0 Å². The molecule has 4 rings (SSSR count). The molecule has 0 amide bonds. The molecular formula is C22H26N12O4S2. The smallest absolute Gasteiger partial charge is 0.359 e. The van der Waals surface area contributed by atoms with Crippen molar-refractivity contribution in [2.24, 2.45) is 43.3 Å². The SMILES string of the molecule is C/C(=N\N=C(N)N)c1c(C(=O)OCCCCOC(=O)c2nc3sccn3c2/C(C)=N/N=C(N)N)nc2sccn12. The molecule has 0 spiro atoms. The Labute approximate surface area is 234 Å². The number of fused-ring (bicyclic) bond motifs is 2. The highest BCUT2D eigenvalue weighted by atomic mass is 32.1. The maximum atomic E-state index is 12.8. The lowest BCUT2D eigenvalue weighted by molar-refractivity contribution is 0.0426. The topological polar surface area (TPSA) is 241 Å². The molecule has 8 N–H and O–H groups in total. The van der Waals surface area contributed by atoms with Crippen molar-refractivity contribution < 1.29 is 19.1 Å². The number of nitrogens with two attached hydrogens (primary N) is 4. The third-order valence-corrected chi connectivity index (χ3v) is 6.75. The number of nitrogens with zero attached hydrogens (tertiary/aromatic N) is 8. The number of aromatic nitrogens is 4. The van der Waals surface area contributed by atoms with Gasteiger partial charge in [0.15, 0.2) is 21.3 Å². The standard InChI is InChI=1S/C22H26N12O4S2/c1-11(29-31-19(23)24)15-13(27-21-33(15)5-9-39-21)17(35)37-7-3-4-8-38-18(36)14-16(12(2)30-32-20(25)26)34-6-10-40-22(34)28-14/h5-6,9-10H,3-4,7-8H2,1-2H3,(H4,23,24,31)(H4,25,26,32)/b29-11+,30-12+. The largest absolute Gasteiger partial charge is 0.461 e. The van der Waals surface area contributed by atoms with Gasteiger partial charge in [-0.15, -0.1) is 32.9 Å². The van der Waals surface area contributed by atoms with Gasteiger partial charge in [0, 0.05) is 23.2 Å². The Morgan fingerprint density at radius 1 is 0.750 bits per heavy atom. The molecular weight excluding hydrogens is 560 g/mol. The summed E-state index contributed by atoms with van der Waals surface area (Å²) in [7, 11) is 0. The van der Waals surface area contributed by atoms with Crippen molar-refractivity contribution in [1.29, 1.82) is 0 Å². The van der Waals surface area contributed by atoms with Crippen LogP contribution in [0, 0.1) is 0 Å². The molecule has 0 fully saturated rings. The number of rotatable bonds is 11. The molecule has 0 bridgehead atoms. The molecule has 0 saturated heterocycles. The molecule has 4 aromatic heterocycles. The molecule has 0 aliphatic heterocycles. The maximum Gasteiger partial charge on any atom is 0.359 e. The third-order valence-electron chi connectivity index (χ3n) is 5.23. The number of unbranched alkanes of at least 4 members (excludes halogenated alkanes) is 1. The fourth-order valence-electron chi connectivity index (χ4n) is 3.58. The van der Waals surface area contributed by atoms with Gasteiger partial charge < -0.3 is 32.4 Å². The lowest BCUT2D eigenvalue weighted by Gasteiger charge is -2.07. The van der Waals surface area contributed by atoms with Crippen LogP contribution < -0.4 is 22.9 Å². The highest BCUT2D eigenvalue weighted by molar-refractivity contribution is 7.15. The Bertz CT molecular complexity index is 1540. The number of guanidine groups is 2. The van der Waals surface area contributed by atoms with Crippen LogP contribution in [0.5, 0.6) is 0 Å². The summed E-state index contributed by atoms with van der Waals surface area (Å²) in [4.78, 5) is 35.5. The normalized spacial score (nSPS) is 12.1. The minimum atomic E-state index is -0.625. The van der Waals surface area contributed by atoms with E-state index in [1.54, 1.807) is 35.0 Å². The fraction of sp³-hybridized carbons (Fsp3) is 0.273. The van der Waals surface area contributed by atoms with Crippen LogP contribution in [0.15, 0.2) is 43.6 Å². The van der Waals surface area contributed by atoms with E-state index in [2.05, 4.69) is 30.4 Å². The summed E-state index contributed by atoms with van der Waals surface area (Å²) in [5.41, 5.74) is 23.2. The summed E-state index contributed by atoms with van der Waals surface area (Å²) in [6.45, 7) is 3.48. The summed E-state index contributed by atoms with van der Waals surface area (Å²) in [6, 6.07) is 0. The molecule has 4 aromatic rings. The molecule has 40 heavy (non-hydrogen) atoms. The van der Waals surface area contributed by atoms with Crippen molar-refractivity contribution in [3.63, 3.8) is 0 Å². The lowest BCUT2D eigenvalue weighted by atomic mass is 10.2. The Hall–Kier alpha value is -4.84. The molecule has 16 nitrogen and oxygen atoms in total. The van der Waals surface area contributed by atoms with Crippen molar-refractivity contribution in [3.8, 4) is 0 Å². The molecule has 210 valence electrons. The number of hydrogen-bond donors (Lipinski definition) is 4. The summed E-state index contributed by atoms with van der Waals surface area (Å²) < 4.78 is 14.2. The average Bonchev–Trinajstić information content (AvgIpc) is 3.68. The Morgan fingerprint density at radius 3 is 1.52 bits per heavy atom. The zero-order chi connectivity index (χ0) is 28.8. The van der Waals surface area contributed by atoms with E-state index in [-0.39, 0.29) is 36.5 Å². The molecule has 0 unspecified atom stereocenters.